The predicted octanol–water partition coefficient (Wildman–Crippen LogP) is 4.98. The molecule has 0 saturated carbocycles. The molecule has 12 heavy (non-hydrogen) atoms. The molecule has 0 radical (unpaired) electrons. The van der Waals surface area contributed by atoms with Gasteiger partial charge in [0, 0.05) is 4.08 Å². The second-order valence-corrected chi connectivity index (χ2v) is 3.70. The molecule has 0 heterocycles. The van der Waals surface area contributed by atoms with E-state index < -0.39 is 0 Å². The Bertz CT molecular complexity index is 121. The van der Waals surface area contributed by atoms with E-state index in [-0.39, 0.29) is 5.83 Å². The lowest BCUT2D eigenvalue weighted by Gasteiger charge is -1.98. The van der Waals surface area contributed by atoms with Crippen molar-refractivity contribution in [3.05, 3.63) is 9.91 Å². The summed E-state index contributed by atoms with van der Waals surface area (Å²) in [4.78, 5) is 0. The van der Waals surface area contributed by atoms with Crippen molar-refractivity contribution in [1.29, 1.82) is 0 Å². The molecule has 72 valence electrons. The molecule has 0 N–H and O–H groups in total. The molecule has 2 heteroatoms. The van der Waals surface area contributed by atoms with Crippen molar-refractivity contribution in [2.75, 3.05) is 0 Å². The average molecular weight is 284 g/mol. The highest BCUT2D eigenvalue weighted by molar-refractivity contribution is 14.1. The van der Waals surface area contributed by atoms with Crippen molar-refractivity contribution in [1.82, 2.24) is 0 Å². The summed E-state index contributed by atoms with van der Waals surface area (Å²) in [6.45, 7) is 2.21. The SMILES string of the molecule is CCCCCCCC/C(F)=C/I. The first kappa shape index (κ1) is 12.4. The van der Waals surface area contributed by atoms with Gasteiger partial charge in [-0.3, -0.25) is 0 Å². The molecule has 0 aliphatic rings. The molecule has 0 aromatic rings. The predicted molar refractivity (Wildman–Crippen MR) is 61.2 cm³/mol. The van der Waals surface area contributed by atoms with Gasteiger partial charge in [-0.15, -0.1) is 0 Å². The van der Waals surface area contributed by atoms with Gasteiger partial charge in [0.1, 0.15) is 5.83 Å². The molecule has 0 nitrogen and oxygen atoms in total. The Hall–Kier alpha value is 0.400. The van der Waals surface area contributed by atoms with E-state index >= 15 is 0 Å². The van der Waals surface area contributed by atoms with E-state index in [0.717, 1.165) is 6.42 Å². The first-order chi connectivity index (χ1) is 5.81. The zero-order valence-corrected chi connectivity index (χ0v) is 9.94. The Kier molecular flexibility index (Phi) is 9.80. The van der Waals surface area contributed by atoms with Crippen LogP contribution < -0.4 is 0 Å². The quantitative estimate of drug-likeness (QED) is 0.456. The van der Waals surface area contributed by atoms with Crippen LogP contribution in [0.4, 0.5) is 4.39 Å². The maximum absolute atomic E-state index is 12.6. The van der Waals surface area contributed by atoms with Crippen molar-refractivity contribution in [2.24, 2.45) is 0 Å². The number of rotatable bonds is 7. The standard InChI is InChI=1S/C10H18FI/c1-2-3-4-5-6-7-8-10(11)9-12/h9H,2-8H2,1H3/b10-9-. The molecule has 0 aromatic carbocycles. The largest absolute Gasteiger partial charge is 0.211 e. The van der Waals surface area contributed by atoms with Crippen LogP contribution in [0.25, 0.3) is 0 Å². The molecule has 0 fully saturated rings. The Morgan fingerprint density at radius 1 is 1.17 bits per heavy atom. The average Bonchev–Trinajstić information content (AvgIpc) is 2.10. The van der Waals surface area contributed by atoms with Crippen LogP contribution in [0.1, 0.15) is 51.9 Å². The van der Waals surface area contributed by atoms with Crippen LogP contribution in [0.15, 0.2) is 9.91 Å². The molecule has 0 unspecified atom stereocenters. The normalized spacial score (nSPS) is 12.1. The van der Waals surface area contributed by atoms with E-state index in [2.05, 4.69) is 6.92 Å². The number of allylic oxidation sites excluding steroid dienone is 1. The molecule has 0 spiro atoms. The summed E-state index contributed by atoms with van der Waals surface area (Å²) in [6, 6.07) is 0. The fourth-order valence-corrected chi connectivity index (χ4v) is 1.44. The molecular weight excluding hydrogens is 266 g/mol. The second-order valence-electron chi connectivity index (χ2n) is 3.07. The fourth-order valence-electron chi connectivity index (χ4n) is 1.13. The van der Waals surface area contributed by atoms with Gasteiger partial charge in [-0.05, 0) is 12.8 Å². The van der Waals surface area contributed by atoms with E-state index in [1.807, 2.05) is 22.6 Å². The van der Waals surface area contributed by atoms with Crippen LogP contribution in [0, 0.1) is 0 Å². The fraction of sp³-hybridized carbons (Fsp3) is 0.800. The minimum atomic E-state index is 0.0334. The molecular formula is C10H18FI. The van der Waals surface area contributed by atoms with Crippen LogP contribution in [-0.4, -0.2) is 0 Å². The number of hydrogen-bond donors (Lipinski definition) is 0. The van der Waals surface area contributed by atoms with Crippen molar-refractivity contribution in [3.8, 4) is 0 Å². The number of unbranched alkanes of at least 4 members (excludes halogenated alkanes) is 5. The van der Waals surface area contributed by atoms with Gasteiger partial charge in [0.05, 0.1) is 0 Å². The molecule has 0 saturated heterocycles. The van der Waals surface area contributed by atoms with Crippen molar-refractivity contribution >= 4 is 22.6 Å². The van der Waals surface area contributed by atoms with Gasteiger partial charge >= 0.3 is 0 Å². The first-order valence-corrected chi connectivity index (χ1v) is 6.00. The van der Waals surface area contributed by atoms with Gasteiger partial charge in [-0.1, -0.05) is 61.6 Å². The Labute approximate surface area is 88.8 Å². The minimum absolute atomic E-state index is 0.0334. The van der Waals surface area contributed by atoms with E-state index in [9.17, 15) is 4.39 Å². The van der Waals surface area contributed by atoms with E-state index in [1.54, 1.807) is 0 Å². The number of hydrogen-bond acceptors (Lipinski definition) is 0. The highest BCUT2D eigenvalue weighted by Gasteiger charge is 1.93. The lowest BCUT2D eigenvalue weighted by atomic mass is 10.1. The maximum Gasteiger partial charge on any atom is 0.106 e. The molecule has 0 amide bonds. The van der Waals surface area contributed by atoms with Gasteiger partial charge in [-0.25, -0.2) is 4.39 Å². The Morgan fingerprint density at radius 3 is 2.33 bits per heavy atom. The van der Waals surface area contributed by atoms with Crippen LogP contribution in [0.5, 0.6) is 0 Å². The van der Waals surface area contributed by atoms with Crippen molar-refractivity contribution in [3.63, 3.8) is 0 Å². The third-order valence-electron chi connectivity index (χ3n) is 1.89. The van der Waals surface area contributed by atoms with Gasteiger partial charge in [0.25, 0.3) is 0 Å². The summed E-state index contributed by atoms with van der Waals surface area (Å²) in [5.41, 5.74) is 0. The molecule has 0 aromatic heterocycles. The lowest BCUT2D eigenvalue weighted by Crippen LogP contribution is -1.79. The zero-order valence-electron chi connectivity index (χ0n) is 7.78. The molecule has 0 bridgehead atoms. The molecule has 0 rings (SSSR count). The third kappa shape index (κ3) is 8.50. The van der Waals surface area contributed by atoms with Crippen LogP contribution in [-0.2, 0) is 0 Å². The summed E-state index contributed by atoms with van der Waals surface area (Å²) < 4.78 is 14.1. The molecule has 0 atom stereocenters. The summed E-state index contributed by atoms with van der Waals surface area (Å²) >= 11 is 1.95. The van der Waals surface area contributed by atoms with Crippen molar-refractivity contribution < 1.29 is 4.39 Å². The second kappa shape index (κ2) is 9.49. The highest BCUT2D eigenvalue weighted by Crippen LogP contribution is 2.13. The molecule has 0 aliphatic carbocycles. The van der Waals surface area contributed by atoms with Gasteiger partial charge < -0.3 is 0 Å². The lowest BCUT2D eigenvalue weighted by molar-refractivity contribution is 0.544. The van der Waals surface area contributed by atoms with Gasteiger partial charge in [-0.2, -0.15) is 0 Å². The van der Waals surface area contributed by atoms with E-state index in [4.69, 9.17) is 0 Å². The van der Waals surface area contributed by atoms with Crippen LogP contribution >= 0.6 is 22.6 Å². The summed E-state index contributed by atoms with van der Waals surface area (Å²) in [6.07, 6.45) is 8.00. The minimum Gasteiger partial charge on any atom is -0.211 e. The maximum atomic E-state index is 12.6. The van der Waals surface area contributed by atoms with Gasteiger partial charge in [0.2, 0.25) is 0 Å². The topological polar surface area (TPSA) is 0 Å². The van der Waals surface area contributed by atoms with Crippen molar-refractivity contribution in [2.45, 2.75) is 51.9 Å². The Balaban J connectivity index is 3.00. The highest BCUT2D eigenvalue weighted by atomic mass is 127. The zero-order chi connectivity index (χ0) is 9.23. The number of halogens is 2. The van der Waals surface area contributed by atoms with E-state index in [0.29, 0.717) is 6.42 Å². The molecule has 0 aliphatic heterocycles. The van der Waals surface area contributed by atoms with E-state index in [1.165, 1.54) is 36.2 Å². The smallest absolute Gasteiger partial charge is 0.106 e. The van der Waals surface area contributed by atoms with Crippen LogP contribution in [0.2, 0.25) is 0 Å². The third-order valence-corrected chi connectivity index (χ3v) is 2.56. The van der Waals surface area contributed by atoms with Crippen LogP contribution in [0.3, 0.4) is 0 Å². The first-order valence-electron chi connectivity index (χ1n) is 4.76. The monoisotopic (exact) mass is 284 g/mol. The summed E-state index contributed by atoms with van der Waals surface area (Å²) in [7, 11) is 0. The summed E-state index contributed by atoms with van der Waals surface area (Å²) in [5.74, 6) is 0.0334. The summed E-state index contributed by atoms with van der Waals surface area (Å²) in [5, 5.41) is 0. The van der Waals surface area contributed by atoms with Gasteiger partial charge in [0.15, 0.2) is 0 Å². The Morgan fingerprint density at radius 2 is 1.75 bits per heavy atom.